The van der Waals surface area contributed by atoms with Crippen LogP contribution in [0.5, 0.6) is 0 Å². The zero-order chi connectivity index (χ0) is 14.1. The van der Waals surface area contributed by atoms with E-state index in [2.05, 4.69) is 16.9 Å². The number of nitrogens with zero attached hydrogens (tertiary/aromatic N) is 3. The van der Waals surface area contributed by atoms with E-state index < -0.39 is 0 Å². The van der Waals surface area contributed by atoms with E-state index in [-0.39, 0.29) is 5.56 Å². The monoisotopic (exact) mass is 267 g/mol. The first-order valence-corrected chi connectivity index (χ1v) is 6.97. The zero-order valence-electron chi connectivity index (χ0n) is 11.8. The molecule has 0 amide bonds. The number of para-hydroxylation sites is 1. The summed E-state index contributed by atoms with van der Waals surface area (Å²) in [6.07, 6.45) is 3.69. The average molecular weight is 267 g/mol. The van der Waals surface area contributed by atoms with Crippen molar-refractivity contribution in [2.75, 3.05) is 0 Å². The Bertz CT molecular complexity index is 836. The Hall–Kier alpha value is -2.23. The lowest BCUT2D eigenvalue weighted by Gasteiger charge is -2.09. The zero-order valence-corrected chi connectivity index (χ0v) is 11.8. The number of rotatable bonds is 3. The third-order valence-corrected chi connectivity index (χ3v) is 3.60. The van der Waals surface area contributed by atoms with Gasteiger partial charge in [0, 0.05) is 11.9 Å². The van der Waals surface area contributed by atoms with E-state index in [1.165, 1.54) is 0 Å². The summed E-state index contributed by atoms with van der Waals surface area (Å²) in [7, 11) is 0. The number of aryl methyl sites for hydroxylation is 2. The minimum atomic E-state index is 0.0132. The van der Waals surface area contributed by atoms with E-state index in [1.807, 2.05) is 31.2 Å². The molecular weight excluding hydrogens is 250 g/mol. The molecule has 1 aromatic carbocycles. The van der Waals surface area contributed by atoms with Crippen LogP contribution in [-0.4, -0.2) is 14.5 Å². The molecule has 2 heterocycles. The SMILES string of the molecule is CCCCn1cnc2c(c(C)nc3ccccc32)c1=O. The molecule has 0 bridgehead atoms. The van der Waals surface area contributed by atoms with E-state index in [1.54, 1.807) is 10.9 Å². The fourth-order valence-corrected chi connectivity index (χ4v) is 2.52. The molecule has 0 radical (unpaired) electrons. The van der Waals surface area contributed by atoms with Crippen molar-refractivity contribution in [3.05, 3.63) is 46.6 Å². The molecule has 0 N–H and O–H groups in total. The van der Waals surface area contributed by atoms with E-state index in [4.69, 9.17) is 0 Å². The molecule has 102 valence electrons. The number of hydrogen-bond donors (Lipinski definition) is 0. The lowest BCUT2D eigenvalue weighted by molar-refractivity contribution is 0.608. The highest BCUT2D eigenvalue weighted by molar-refractivity contribution is 6.03. The van der Waals surface area contributed by atoms with Crippen molar-refractivity contribution in [3.8, 4) is 0 Å². The Morgan fingerprint density at radius 2 is 2.05 bits per heavy atom. The highest BCUT2D eigenvalue weighted by Gasteiger charge is 2.11. The molecule has 0 atom stereocenters. The highest BCUT2D eigenvalue weighted by Crippen LogP contribution is 2.21. The molecule has 0 aliphatic heterocycles. The maximum Gasteiger partial charge on any atom is 0.263 e. The summed E-state index contributed by atoms with van der Waals surface area (Å²) in [6.45, 7) is 4.70. The maximum absolute atomic E-state index is 12.6. The van der Waals surface area contributed by atoms with Gasteiger partial charge in [-0.2, -0.15) is 0 Å². The van der Waals surface area contributed by atoms with Crippen LogP contribution in [0, 0.1) is 6.92 Å². The molecule has 0 fully saturated rings. The van der Waals surface area contributed by atoms with Gasteiger partial charge in [-0.1, -0.05) is 31.5 Å². The molecule has 3 rings (SSSR count). The van der Waals surface area contributed by atoms with Gasteiger partial charge in [-0.3, -0.25) is 14.3 Å². The van der Waals surface area contributed by atoms with Gasteiger partial charge in [0.25, 0.3) is 5.56 Å². The Morgan fingerprint density at radius 1 is 1.25 bits per heavy atom. The fraction of sp³-hybridized carbons (Fsp3) is 0.312. The van der Waals surface area contributed by atoms with Gasteiger partial charge in [0.05, 0.1) is 28.4 Å². The normalized spacial score (nSPS) is 11.3. The van der Waals surface area contributed by atoms with Crippen molar-refractivity contribution < 1.29 is 0 Å². The number of hydrogen-bond acceptors (Lipinski definition) is 3. The molecule has 0 unspecified atom stereocenters. The van der Waals surface area contributed by atoms with Crippen molar-refractivity contribution in [1.29, 1.82) is 0 Å². The van der Waals surface area contributed by atoms with E-state index in [0.717, 1.165) is 35.0 Å². The quantitative estimate of drug-likeness (QED) is 0.685. The molecule has 2 aromatic heterocycles. The summed E-state index contributed by atoms with van der Waals surface area (Å²) >= 11 is 0. The van der Waals surface area contributed by atoms with Crippen molar-refractivity contribution in [3.63, 3.8) is 0 Å². The first kappa shape index (κ1) is 12.8. The number of unbranched alkanes of at least 4 members (excludes halogenated alkanes) is 1. The van der Waals surface area contributed by atoms with Crippen LogP contribution in [0.4, 0.5) is 0 Å². The molecule has 0 saturated heterocycles. The van der Waals surface area contributed by atoms with Gasteiger partial charge in [0.15, 0.2) is 0 Å². The smallest absolute Gasteiger partial charge is 0.263 e. The topological polar surface area (TPSA) is 47.8 Å². The van der Waals surface area contributed by atoms with Crippen LogP contribution in [0.3, 0.4) is 0 Å². The molecule has 3 aromatic rings. The number of aromatic nitrogens is 3. The summed E-state index contributed by atoms with van der Waals surface area (Å²) in [5.74, 6) is 0. The first-order chi connectivity index (χ1) is 9.72. The predicted octanol–water partition coefficient (Wildman–Crippen LogP) is 3.05. The third-order valence-electron chi connectivity index (χ3n) is 3.60. The van der Waals surface area contributed by atoms with E-state index >= 15 is 0 Å². The molecule has 0 spiro atoms. The number of benzene rings is 1. The second-order valence-corrected chi connectivity index (χ2v) is 5.03. The lowest BCUT2D eigenvalue weighted by Crippen LogP contribution is -2.21. The Labute approximate surface area is 117 Å². The standard InChI is InChI=1S/C16H17N3O/c1-3-4-9-19-10-17-15-12-7-5-6-8-13(12)18-11(2)14(15)16(19)20/h5-8,10H,3-4,9H2,1-2H3. The van der Waals surface area contributed by atoms with Crippen molar-refractivity contribution in [1.82, 2.24) is 14.5 Å². The van der Waals surface area contributed by atoms with Gasteiger partial charge in [-0.25, -0.2) is 4.98 Å². The van der Waals surface area contributed by atoms with Crippen LogP contribution in [-0.2, 0) is 6.54 Å². The number of fused-ring (bicyclic) bond motifs is 3. The van der Waals surface area contributed by atoms with Crippen LogP contribution in [0.2, 0.25) is 0 Å². The molecule has 0 aliphatic carbocycles. The molecule has 4 nitrogen and oxygen atoms in total. The molecule has 0 saturated carbocycles. The minimum absolute atomic E-state index is 0.0132. The van der Waals surface area contributed by atoms with Gasteiger partial charge in [-0.05, 0) is 19.4 Å². The van der Waals surface area contributed by atoms with E-state index in [0.29, 0.717) is 11.9 Å². The van der Waals surface area contributed by atoms with Crippen molar-refractivity contribution in [2.45, 2.75) is 33.2 Å². The predicted molar refractivity (Wildman–Crippen MR) is 80.9 cm³/mol. The summed E-state index contributed by atoms with van der Waals surface area (Å²) < 4.78 is 1.69. The van der Waals surface area contributed by atoms with Crippen LogP contribution >= 0.6 is 0 Å². The van der Waals surface area contributed by atoms with Crippen LogP contribution < -0.4 is 5.56 Å². The first-order valence-electron chi connectivity index (χ1n) is 6.97. The van der Waals surface area contributed by atoms with Crippen LogP contribution in [0.1, 0.15) is 25.5 Å². The Morgan fingerprint density at radius 3 is 2.85 bits per heavy atom. The second kappa shape index (κ2) is 5.04. The van der Waals surface area contributed by atoms with Crippen molar-refractivity contribution >= 4 is 21.8 Å². The minimum Gasteiger partial charge on any atom is -0.299 e. The van der Waals surface area contributed by atoms with Crippen LogP contribution in [0.15, 0.2) is 35.4 Å². The average Bonchev–Trinajstić information content (AvgIpc) is 2.46. The van der Waals surface area contributed by atoms with Crippen molar-refractivity contribution in [2.24, 2.45) is 0 Å². The van der Waals surface area contributed by atoms with Gasteiger partial charge < -0.3 is 0 Å². The van der Waals surface area contributed by atoms with Gasteiger partial charge >= 0.3 is 0 Å². The lowest BCUT2D eigenvalue weighted by atomic mass is 10.1. The van der Waals surface area contributed by atoms with Crippen LogP contribution in [0.25, 0.3) is 21.8 Å². The molecule has 20 heavy (non-hydrogen) atoms. The largest absolute Gasteiger partial charge is 0.299 e. The van der Waals surface area contributed by atoms with E-state index in [9.17, 15) is 4.79 Å². The summed E-state index contributed by atoms with van der Waals surface area (Å²) in [5.41, 5.74) is 2.41. The summed E-state index contributed by atoms with van der Waals surface area (Å²) in [4.78, 5) is 21.6. The number of pyridine rings is 1. The molecular formula is C16H17N3O. The summed E-state index contributed by atoms with van der Waals surface area (Å²) in [5, 5.41) is 1.58. The summed E-state index contributed by atoms with van der Waals surface area (Å²) in [6, 6.07) is 7.81. The fourth-order valence-electron chi connectivity index (χ4n) is 2.52. The highest BCUT2D eigenvalue weighted by atomic mass is 16.1. The Balaban J connectivity index is 2.35. The maximum atomic E-state index is 12.6. The van der Waals surface area contributed by atoms with Gasteiger partial charge in [-0.15, -0.1) is 0 Å². The molecule has 0 aliphatic rings. The Kier molecular flexibility index (Phi) is 3.22. The second-order valence-electron chi connectivity index (χ2n) is 5.03. The molecule has 4 heteroatoms. The van der Waals surface area contributed by atoms with Gasteiger partial charge in [0.2, 0.25) is 0 Å². The van der Waals surface area contributed by atoms with Gasteiger partial charge in [0.1, 0.15) is 0 Å². The third kappa shape index (κ3) is 1.97.